The van der Waals surface area contributed by atoms with Crippen molar-refractivity contribution >= 4 is 10.8 Å². The Balaban J connectivity index is 1.86. The molecular formula is C23H24O4S. The molecule has 0 saturated heterocycles. The Bertz CT molecular complexity index is 1070. The minimum Gasteiger partial charge on any atom is -0.507 e. The van der Waals surface area contributed by atoms with E-state index >= 15 is 0 Å². The number of aryl methyl sites for hydroxylation is 5. The van der Waals surface area contributed by atoms with Gasteiger partial charge in [0.05, 0.1) is 10.8 Å². The van der Waals surface area contributed by atoms with E-state index in [-0.39, 0.29) is 11.3 Å². The minimum absolute atomic E-state index is 0.109. The van der Waals surface area contributed by atoms with Crippen LogP contribution < -0.4 is 5.63 Å². The van der Waals surface area contributed by atoms with Gasteiger partial charge >= 0.3 is 5.63 Å². The number of hydrogen-bond acceptors (Lipinski definition) is 4. The minimum atomic E-state index is -1.20. The van der Waals surface area contributed by atoms with Gasteiger partial charge in [-0.15, -0.1) is 0 Å². The van der Waals surface area contributed by atoms with Crippen LogP contribution in [0.25, 0.3) is 11.1 Å². The first kappa shape index (κ1) is 20.1. The molecule has 1 atom stereocenters. The van der Waals surface area contributed by atoms with E-state index in [9.17, 15) is 14.1 Å². The SMILES string of the molecule is Cc1ccc(S(=O)CCc2cc(O)c(-c3c(C)cc(C)cc3C)c(=O)o2)cc1. The molecule has 1 N–H and O–H groups in total. The highest BCUT2D eigenvalue weighted by molar-refractivity contribution is 7.85. The molecule has 146 valence electrons. The Morgan fingerprint density at radius 1 is 0.893 bits per heavy atom. The van der Waals surface area contributed by atoms with Gasteiger partial charge < -0.3 is 9.52 Å². The number of benzene rings is 2. The van der Waals surface area contributed by atoms with Crippen molar-refractivity contribution in [1.29, 1.82) is 0 Å². The quantitative estimate of drug-likeness (QED) is 0.685. The normalized spacial score (nSPS) is 12.1. The van der Waals surface area contributed by atoms with Gasteiger partial charge in [0.2, 0.25) is 0 Å². The fourth-order valence-electron chi connectivity index (χ4n) is 3.46. The number of hydrogen-bond donors (Lipinski definition) is 1. The van der Waals surface area contributed by atoms with E-state index in [0.717, 1.165) is 27.1 Å². The lowest BCUT2D eigenvalue weighted by molar-refractivity contribution is 0.430. The molecule has 1 unspecified atom stereocenters. The average Bonchev–Trinajstić information content (AvgIpc) is 2.61. The zero-order valence-corrected chi connectivity index (χ0v) is 17.4. The molecule has 5 heteroatoms. The largest absolute Gasteiger partial charge is 0.507 e. The first-order valence-corrected chi connectivity index (χ1v) is 10.5. The molecule has 28 heavy (non-hydrogen) atoms. The zero-order chi connectivity index (χ0) is 20.4. The second-order valence-corrected chi connectivity index (χ2v) is 8.72. The van der Waals surface area contributed by atoms with E-state index in [0.29, 0.717) is 23.5 Å². The summed E-state index contributed by atoms with van der Waals surface area (Å²) >= 11 is 0. The van der Waals surface area contributed by atoms with Crippen molar-refractivity contribution < 1.29 is 13.7 Å². The fraction of sp³-hybridized carbons (Fsp3) is 0.261. The summed E-state index contributed by atoms with van der Waals surface area (Å²) in [6.07, 6.45) is 0.301. The lowest BCUT2D eigenvalue weighted by Crippen LogP contribution is -2.09. The molecular weight excluding hydrogens is 372 g/mol. The molecule has 0 fully saturated rings. The summed E-state index contributed by atoms with van der Waals surface area (Å²) in [6, 6.07) is 12.9. The number of rotatable bonds is 5. The summed E-state index contributed by atoms with van der Waals surface area (Å²) in [6.45, 7) is 7.78. The predicted octanol–water partition coefficient (Wildman–Crippen LogP) is 4.60. The Kier molecular flexibility index (Phi) is 5.84. The molecule has 0 aliphatic heterocycles. The van der Waals surface area contributed by atoms with Gasteiger partial charge in [-0.25, -0.2) is 4.79 Å². The summed E-state index contributed by atoms with van der Waals surface area (Å²) in [5.41, 5.74) is 4.32. The molecule has 1 heterocycles. The Labute approximate surface area is 167 Å². The average molecular weight is 397 g/mol. The van der Waals surface area contributed by atoms with Crippen molar-refractivity contribution in [3.8, 4) is 16.9 Å². The highest BCUT2D eigenvalue weighted by Crippen LogP contribution is 2.32. The Hall–Kier alpha value is -2.66. The highest BCUT2D eigenvalue weighted by atomic mass is 32.2. The van der Waals surface area contributed by atoms with Crippen LogP contribution in [0.15, 0.2) is 56.6 Å². The van der Waals surface area contributed by atoms with Gasteiger partial charge in [0.15, 0.2) is 0 Å². The van der Waals surface area contributed by atoms with Gasteiger partial charge in [0, 0.05) is 23.1 Å². The van der Waals surface area contributed by atoms with E-state index in [4.69, 9.17) is 4.42 Å². The van der Waals surface area contributed by atoms with E-state index in [1.54, 1.807) is 0 Å². The second kappa shape index (κ2) is 8.15. The van der Waals surface area contributed by atoms with Crippen molar-refractivity contribution in [3.63, 3.8) is 0 Å². The van der Waals surface area contributed by atoms with Gasteiger partial charge in [-0.05, 0) is 56.5 Å². The topological polar surface area (TPSA) is 67.5 Å². The molecule has 1 aromatic heterocycles. The fourth-order valence-corrected chi connectivity index (χ4v) is 4.52. The highest BCUT2D eigenvalue weighted by Gasteiger charge is 2.18. The van der Waals surface area contributed by atoms with Crippen LogP contribution in [0.5, 0.6) is 5.75 Å². The monoisotopic (exact) mass is 396 g/mol. The van der Waals surface area contributed by atoms with Crippen molar-refractivity contribution in [2.45, 2.75) is 39.0 Å². The molecule has 3 aromatic rings. The van der Waals surface area contributed by atoms with Crippen LogP contribution in [-0.4, -0.2) is 15.1 Å². The summed E-state index contributed by atoms with van der Waals surface area (Å²) in [4.78, 5) is 13.3. The molecule has 0 spiro atoms. The maximum Gasteiger partial charge on any atom is 0.347 e. The molecule has 3 rings (SSSR count). The van der Waals surface area contributed by atoms with Crippen LogP contribution in [-0.2, 0) is 17.2 Å². The van der Waals surface area contributed by atoms with Crippen LogP contribution in [0.3, 0.4) is 0 Å². The van der Waals surface area contributed by atoms with Gasteiger partial charge in [-0.1, -0.05) is 35.4 Å². The third kappa shape index (κ3) is 4.25. The maximum absolute atomic E-state index is 12.6. The van der Waals surface area contributed by atoms with Crippen molar-refractivity contribution in [2.75, 3.05) is 5.75 Å². The third-order valence-corrected chi connectivity index (χ3v) is 6.10. The van der Waals surface area contributed by atoms with Crippen molar-refractivity contribution in [3.05, 3.63) is 80.9 Å². The molecule has 0 aliphatic rings. The molecule has 0 aliphatic carbocycles. The van der Waals surface area contributed by atoms with Crippen LogP contribution in [0, 0.1) is 27.7 Å². The van der Waals surface area contributed by atoms with Gasteiger partial charge in [0.25, 0.3) is 0 Å². The summed E-state index contributed by atoms with van der Waals surface area (Å²) in [5, 5.41) is 10.5. The third-order valence-electron chi connectivity index (χ3n) is 4.73. The van der Waals surface area contributed by atoms with E-state index in [1.165, 1.54) is 6.07 Å². The van der Waals surface area contributed by atoms with Gasteiger partial charge in [-0.2, -0.15) is 0 Å². The van der Waals surface area contributed by atoms with Crippen LogP contribution in [0.1, 0.15) is 28.0 Å². The summed E-state index contributed by atoms with van der Waals surface area (Å²) in [5.74, 6) is 0.532. The van der Waals surface area contributed by atoms with Crippen LogP contribution in [0.2, 0.25) is 0 Å². The molecule has 0 bridgehead atoms. The van der Waals surface area contributed by atoms with Crippen molar-refractivity contribution in [1.82, 2.24) is 0 Å². The van der Waals surface area contributed by atoms with E-state index < -0.39 is 16.4 Å². The summed E-state index contributed by atoms with van der Waals surface area (Å²) < 4.78 is 17.9. The van der Waals surface area contributed by atoms with Gasteiger partial charge in [0.1, 0.15) is 17.1 Å². The molecule has 0 radical (unpaired) electrons. The molecule has 0 amide bonds. The Morgan fingerprint density at radius 3 is 2.07 bits per heavy atom. The van der Waals surface area contributed by atoms with E-state index in [2.05, 4.69) is 0 Å². The summed E-state index contributed by atoms with van der Waals surface area (Å²) in [7, 11) is -1.20. The van der Waals surface area contributed by atoms with E-state index in [1.807, 2.05) is 64.1 Å². The standard InChI is InChI=1S/C23H24O4S/c1-14-5-7-19(8-6-14)28(26)10-9-18-13-20(24)22(23(25)27-18)21-16(3)11-15(2)12-17(21)4/h5-8,11-13,24H,9-10H2,1-4H3. The lowest BCUT2D eigenvalue weighted by Gasteiger charge is -2.12. The maximum atomic E-state index is 12.6. The molecule has 4 nitrogen and oxygen atoms in total. The van der Waals surface area contributed by atoms with Crippen molar-refractivity contribution in [2.24, 2.45) is 0 Å². The molecule has 2 aromatic carbocycles. The first-order valence-electron chi connectivity index (χ1n) is 9.15. The second-order valence-electron chi connectivity index (χ2n) is 7.15. The zero-order valence-electron chi connectivity index (χ0n) is 16.5. The molecule has 0 saturated carbocycles. The number of aromatic hydroxyl groups is 1. The van der Waals surface area contributed by atoms with Gasteiger partial charge in [-0.3, -0.25) is 4.21 Å². The Morgan fingerprint density at radius 2 is 1.50 bits per heavy atom. The van der Waals surface area contributed by atoms with Crippen LogP contribution >= 0.6 is 0 Å². The predicted molar refractivity (Wildman–Crippen MR) is 112 cm³/mol. The van der Waals surface area contributed by atoms with Crippen LogP contribution in [0.4, 0.5) is 0 Å². The smallest absolute Gasteiger partial charge is 0.347 e. The lowest BCUT2D eigenvalue weighted by atomic mass is 9.94. The first-order chi connectivity index (χ1) is 13.3.